The molecule has 4 heteroatoms. The SMILES string of the molecule is COc1ccc(OC)c(C(C)NC2CCCOC2)c1. The summed E-state index contributed by atoms with van der Waals surface area (Å²) in [6.45, 7) is 3.82. The van der Waals surface area contributed by atoms with Crippen LogP contribution in [0.2, 0.25) is 0 Å². The smallest absolute Gasteiger partial charge is 0.123 e. The first-order chi connectivity index (χ1) is 9.24. The summed E-state index contributed by atoms with van der Waals surface area (Å²) in [5.41, 5.74) is 1.12. The fourth-order valence-corrected chi connectivity index (χ4v) is 2.49. The molecular formula is C15H23NO3. The number of nitrogens with one attached hydrogen (secondary N) is 1. The Morgan fingerprint density at radius 3 is 2.79 bits per heavy atom. The summed E-state index contributed by atoms with van der Waals surface area (Å²) in [5.74, 6) is 1.74. The zero-order valence-corrected chi connectivity index (χ0v) is 11.9. The number of methoxy groups -OCH3 is 2. The Morgan fingerprint density at radius 2 is 2.16 bits per heavy atom. The van der Waals surface area contributed by atoms with Crippen LogP contribution < -0.4 is 14.8 Å². The maximum Gasteiger partial charge on any atom is 0.123 e. The summed E-state index contributed by atoms with van der Waals surface area (Å²) < 4.78 is 16.2. The maximum atomic E-state index is 5.50. The van der Waals surface area contributed by atoms with E-state index in [0.29, 0.717) is 6.04 Å². The van der Waals surface area contributed by atoms with Gasteiger partial charge in [-0.1, -0.05) is 0 Å². The normalized spacial score (nSPS) is 20.9. The van der Waals surface area contributed by atoms with E-state index in [9.17, 15) is 0 Å². The lowest BCUT2D eigenvalue weighted by Crippen LogP contribution is -2.38. The van der Waals surface area contributed by atoms with Crippen molar-refractivity contribution >= 4 is 0 Å². The van der Waals surface area contributed by atoms with E-state index < -0.39 is 0 Å². The van der Waals surface area contributed by atoms with Crippen LogP contribution in [0.3, 0.4) is 0 Å². The summed E-state index contributed by atoms with van der Waals surface area (Å²) in [6, 6.07) is 6.51. The molecule has 0 radical (unpaired) electrons. The summed E-state index contributed by atoms with van der Waals surface area (Å²) in [4.78, 5) is 0. The molecule has 2 unspecified atom stereocenters. The standard InChI is InChI=1S/C15H23NO3/c1-11(16-12-5-4-8-19-10-12)14-9-13(17-2)6-7-15(14)18-3/h6-7,9,11-12,16H,4-5,8,10H2,1-3H3. The van der Waals surface area contributed by atoms with Gasteiger partial charge in [-0.05, 0) is 38.0 Å². The molecule has 2 atom stereocenters. The lowest BCUT2D eigenvalue weighted by atomic mass is 10.0. The molecule has 2 rings (SSSR count). The van der Waals surface area contributed by atoms with E-state index in [1.54, 1.807) is 14.2 Å². The largest absolute Gasteiger partial charge is 0.497 e. The predicted octanol–water partition coefficient (Wildman–Crippen LogP) is 2.53. The van der Waals surface area contributed by atoms with Crippen molar-refractivity contribution in [3.05, 3.63) is 23.8 Å². The Morgan fingerprint density at radius 1 is 1.32 bits per heavy atom. The Bertz CT molecular complexity index is 402. The van der Waals surface area contributed by atoms with Gasteiger partial charge in [-0.2, -0.15) is 0 Å². The summed E-state index contributed by atoms with van der Waals surface area (Å²) in [5, 5.41) is 3.60. The van der Waals surface area contributed by atoms with Crippen molar-refractivity contribution in [1.82, 2.24) is 5.32 Å². The number of ether oxygens (including phenoxy) is 3. The molecule has 0 amide bonds. The van der Waals surface area contributed by atoms with E-state index in [1.807, 2.05) is 18.2 Å². The van der Waals surface area contributed by atoms with Gasteiger partial charge in [0.2, 0.25) is 0 Å². The van der Waals surface area contributed by atoms with Gasteiger partial charge in [-0.25, -0.2) is 0 Å². The Balaban J connectivity index is 2.09. The molecule has 19 heavy (non-hydrogen) atoms. The molecular weight excluding hydrogens is 242 g/mol. The third-order valence-corrected chi connectivity index (χ3v) is 3.55. The molecule has 1 N–H and O–H groups in total. The molecule has 1 aromatic carbocycles. The number of hydrogen-bond acceptors (Lipinski definition) is 4. The summed E-state index contributed by atoms with van der Waals surface area (Å²) in [7, 11) is 3.38. The lowest BCUT2D eigenvalue weighted by Gasteiger charge is -2.27. The van der Waals surface area contributed by atoms with Crippen molar-refractivity contribution in [2.45, 2.75) is 31.8 Å². The Labute approximate surface area is 115 Å². The van der Waals surface area contributed by atoms with Crippen LogP contribution in [-0.4, -0.2) is 33.5 Å². The van der Waals surface area contributed by atoms with Gasteiger partial charge in [0.15, 0.2) is 0 Å². The number of benzene rings is 1. The average molecular weight is 265 g/mol. The molecule has 1 aliphatic heterocycles. The van der Waals surface area contributed by atoms with Gasteiger partial charge in [0.25, 0.3) is 0 Å². The molecule has 1 heterocycles. The van der Waals surface area contributed by atoms with E-state index in [2.05, 4.69) is 12.2 Å². The Kier molecular flexibility index (Phi) is 5.05. The molecule has 1 aliphatic rings. The van der Waals surface area contributed by atoms with E-state index in [0.717, 1.165) is 43.1 Å². The van der Waals surface area contributed by atoms with Crippen LogP contribution in [0.15, 0.2) is 18.2 Å². The fraction of sp³-hybridized carbons (Fsp3) is 0.600. The van der Waals surface area contributed by atoms with Crippen LogP contribution >= 0.6 is 0 Å². The highest BCUT2D eigenvalue weighted by atomic mass is 16.5. The first kappa shape index (κ1) is 14.2. The highest BCUT2D eigenvalue weighted by Gasteiger charge is 2.19. The van der Waals surface area contributed by atoms with Crippen LogP contribution in [0.4, 0.5) is 0 Å². The number of rotatable bonds is 5. The minimum Gasteiger partial charge on any atom is -0.497 e. The Hall–Kier alpha value is -1.26. The number of hydrogen-bond donors (Lipinski definition) is 1. The molecule has 0 aliphatic carbocycles. The topological polar surface area (TPSA) is 39.7 Å². The van der Waals surface area contributed by atoms with Crippen molar-refractivity contribution in [1.29, 1.82) is 0 Å². The average Bonchev–Trinajstić information content (AvgIpc) is 2.47. The zero-order valence-electron chi connectivity index (χ0n) is 11.9. The molecule has 0 saturated carbocycles. The third kappa shape index (κ3) is 3.61. The van der Waals surface area contributed by atoms with Gasteiger partial charge in [0, 0.05) is 24.3 Å². The lowest BCUT2D eigenvalue weighted by molar-refractivity contribution is 0.0670. The molecule has 0 aromatic heterocycles. The van der Waals surface area contributed by atoms with E-state index >= 15 is 0 Å². The van der Waals surface area contributed by atoms with Gasteiger partial charge < -0.3 is 19.5 Å². The van der Waals surface area contributed by atoms with Crippen molar-refractivity contribution in [2.75, 3.05) is 27.4 Å². The van der Waals surface area contributed by atoms with Gasteiger partial charge in [-0.15, -0.1) is 0 Å². The monoisotopic (exact) mass is 265 g/mol. The first-order valence-electron chi connectivity index (χ1n) is 6.80. The fourth-order valence-electron chi connectivity index (χ4n) is 2.49. The van der Waals surface area contributed by atoms with Crippen molar-refractivity contribution < 1.29 is 14.2 Å². The summed E-state index contributed by atoms with van der Waals surface area (Å²) in [6.07, 6.45) is 2.29. The molecule has 106 valence electrons. The molecule has 0 spiro atoms. The maximum absolute atomic E-state index is 5.50. The van der Waals surface area contributed by atoms with Crippen molar-refractivity contribution in [3.8, 4) is 11.5 Å². The van der Waals surface area contributed by atoms with Gasteiger partial charge in [-0.3, -0.25) is 0 Å². The second kappa shape index (κ2) is 6.78. The minimum atomic E-state index is 0.205. The first-order valence-corrected chi connectivity index (χ1v) is 6.80. The van der Waals surface area contributed by atoms with Crippen LogP contribution in [-0.2, 0) is 4.74 Å². The van der Waals surface area contributed by atoms with Gasteiger partial charge in [0.05, 0.1) is 20.8 Å². The second-order valence-corrected chi connectivity index (χ2v) is 4.91. The summed E-state index contributed by atoms with van der Waals surface area (Å²) >= 11 is 0. The highest BCUT2D eigenvalue weighted by molar-refractivity contribution is 5.42. The van der Waals surface area contributed by atoms with Crippen LogP contribution in [0.1, 0.15) is 31.4 Å². The molecule has 1 aromatic rings. The quantitative estimate of drug-likeness (QED) is 0.888. The van der Waals surface area contributed by atoms with E-state index in [1.165, 1.54) is 0 Å². The highest BCUT2D eigenvalue weighted by Crippen LogP contribution is 2.29. The van der Waals surface area contributed by atoms with E-state index in [-0.39, 0.29) is 6.04 Å². The van der Waals surface area contributed by atoms with Crippen molar-refractivity contribution in [2.24, 2.45) is 0 Å². The molecule has 1 saturated heterocycles. The van der Waals surface area contributed by atoms with Crippen molar-refractivity contribution in [3.63, 3.8) is 0 Å². The van der Waals surface area contributed by atoms with Gasteiger partial charge in [0.1, 0.15) is 11.5 Å². The zero-order chi connectivity index (χ0) is 13.7. The molecule has 1 fully saturated rings. The van der Waals surface area contributed by atoms with E-state index in [4.69, 9.17) is 14.2 Å². The minimum absolute atomic E-state index is 0.205. The van der Waals surface area contributed by atoms with Crippen LogP contribution in [0.25, 0.3) is 0 Å². The van der Waals surface area contributed by atoms with Crippen LogP contribution in [0.5, 0.6) is 11.5 Å². The third-order valence-electron chi connectivity index (χ3n) is 3.55. The predicted molar refractivity (Wildman–Crippen MR) is 74.9 cm³/mol. The van der Waals surface area contributed by atoms with Gasteiger partial charge >= 0.3 is 0 Å². The van der Waals surface area contributed by atoms with Crippen LogP contribution in [0, 0.1) is 0 Å². The molecule has 0 bridgehead atoms. The second-order valence-electron chi connectivity index (χ2n) is 4.91. The molecule has 4 nitrogen and oxygen atoms in total.